The van der Waals surface area contributed by atoms with Crippen molar-refractivity contribution in [2.75, 3.05) is 13.1 Å². The van der Waals surface area contributed by atoms with Gasteiger partial charge >= 0.3 is 0 Å². The predicted molar refractivity (Wildman–Crippen MR) is 103 cm³/mol. The molecular weight excluding hydrogens is 326 g/mol. The average Bonchev–Trinajstić information content (AvgIpc) is 3.11. The van der Waals surface area contributed by atoms with E-state index in [4.69, 9.17) is 0 Å². The Morgan fingerprint density at radius 3 is 3.00 bits per heavy atom. The van der Waals surface area contributed by atoms with E-state index in [1.165, 1.54) is 6.42 Å². The van der Waals surface area contributed by atoms with Crippen molar-refractivity contribution >= 4 is 11.8 Å². The number of carbonyl (C=O) groups is 2. The Bertz CT molecular complexity index is 660. The molecule has 0 radical (unpaired) electrons. The van der Waals surface area contributed by atoms with E-state index in [1.54, 1.807) is 0 Å². The number of rotatable bonds is 6. The van der Waals surface area contributed by atoms with Crippen LogP contribution in [0.5, 0.6) is 0 Å². The number of hydrogen-bond donors (Lipinski definition) is 3. The third-order valence-corrected chi connectivity index (χ3v) is 6.12. The Morgan fingerprint density at radius 1 is 1.35 bits per heavy atom. The number of carbonyl (C=O) groups excluding carboxylic acids is 2. The minimum absolute atomic E-state index is 0.0570. The highest BCUT2D eigenvalue weighted by Crippen LogP contribution is 2.43. The third-order valence-electron chi connectivity index (χ3n) is 6.12. The predicted octanol–water partition coefficient (Wildman–Crippen LogP) is 2.61. The van der Waals surface area contributed by atoms with Gasteiger partial charge in [-0.1, -0.05) is 31.9 Å². The molecule has 0 spiro atoms. The monoisotopic (exact) mass is 357 g/mol. The summed E-state index contributed by atoms with van der Waals surface area (Å²) in [7, 11) is 0. The van der Waals surface area contributed by atoms with Crippen molar-refractivity contribution in [2.45, 2.75) is 58.5 Å². The van der Waals surface area contributed by atoms with Gasteiger partial charge in [0.2, 0.25) is 5.91 Å². The lowest BCUT2D eigenvalue weighted by atomic mass is 9.67. The smallest absolute Gasteiger partial charge is 0.251 e. The Morgan fingerprint density at radius 2 is 2.19 bits per heavy atom. The molecule has 5 nitrogen and oxygen atoms in total. The van der Waals surface area contributed by atoms with E-state index in [1.807, 2.05) is 38.1 Å². The van der Waals surface area contributed by atoms with Gasteiger partial charge < -0.3 is 16.0 Å². The molecule has 1 unspecified atom stereocenters. The molecule has 2 fully saturated rings. The highest BCUT2D eigenvalue weighted by atomic mass is 16.2. The summed E-state index contributed by atoms with van der Waals surface area (Å²) in [6, 6.07) is 7.69. The molecule has 3 N–H and O–H groups in total. The zero-order valence-corrected chi connectivity index (χ0v) is 15.9. The molecule has 26 heavy (non-hydrogen) atoms. The molecule has 1 heterocycles. The van der Waals surface area contributed by atoms with Crippen molar-refractivity contribution in [3.05, 3.63) is 35.4 Å². The maximum atomic E-state index is 12.9. The fraction of sp³-hybridized carbons (Fsp3) is 0.619. The normalized spacial score (nSPS) is 26.0. The van der Waals surface area contributed by atoms with Crippen molar-refractivity contribution in [3.8, 4) is 0 Å². The summed E-state index contributed by atoms with van der Waals surface area (Å²) >= 11 is 0. The van der Waals surface area contributed by atoms with E-state index < -0.39 is 0 Å². The van der Waals surface area contributed by atoms with Crippen LogP contribution in [-0.4, -0.2) is 30.9 Å². The summed E-state index contributed by atoms with van der Waals surface area (Å²) in [4.78, 5) is 25.2. The van der Waals surface area contributed by atoms with Gasteiger partial charge in [0.05, 0.1) is 5.41 Å². The standard InChI is InChI=1S/C21H31N3O2/c1-3-15(2)24-19(25)17-8-6-7-16(11-17)12-23-20(26)21-10-5-4-9-18(21)13-22-14-21/h6-8,11,15,18,22H,3-5,9-10,12-14H2,1-2H3,(H,23,26)(H,24,25)/t15?,18-,21+/m0/s1. The molecule has 1 saturated heterocycles. The van der Waals surface area contributed by atoms with Crippen molar-refractivity contribution in [1.82, 2.24) is 16.0 Å². The Kier molecular flexibility index (Phi) is 5.97. The van der Waals surface area contributed by atoms with E-state index in [0.29, 0.717) is 18.0 Å². The van der Waals surface area contributed by atoms with E-state index >= 15 is 0 Å². The summed E-state index contributed by atoms with van der Waals surface area (Å²) in [5.41, 5.74) is 1.38. The molecule has 142 valence electrons. The van der Waals surface area contributed by atoms with Crippen molar-refractivity contribution < 1.29 is 9.59 Å². The second kappa shape index (κ2) is 8.21. The second-order valence-electron chi connectivity index (χ2n) is 7.90. The molecule has 1 saturated carbocycles. The number of benzene rings is 1. The maximum Gasteiger partial charge on any atom is 0.251 e. The summed E-state index contributed by atoms with van der Waals surface area (Å²) in [6.07, 6.45) is 5.39. The first-order valence-corrected chi connectivity index (χ1v) is 9.94. The topological polar surface area (TPSA) is 70.2 Å². The number of hydrogen-bond acceptors (Lipinski definition) is 3. The first-order chi connectivity index (χ1) is 12.5. The second-order valence-corrected chi connectivity index (χ2v) is 7.90. The molecule has 3 atom stereocenters. The fourth-order valence-electron chi connectivity index (χ4n) is 4.28. The van der Waals surface area contributed by atoms with Crippen LogP contribution in [0.15, 0.2) is 24.3 Å². The van der Waals surface area contributed by atoms with Gasteiger partial charge in [0, 0.05) is 24.7 Å². The SMILES string of the molecule is CCC(C)NC(=O)c1cccc(CNC(=O)[C@@]23CCCC[C@H]2CNC3)c1. The molecule has 2 amide bonds. The summed E-state index contributed by atoms with van der Waals surface area (Å²) in [5, 5.41) is 9.54. The van der Waals surface area contributed by atoms with Gasteiger partial charge in [-0.3, -0.25) is 9.59 Å². The van der Waals surface area contributed by atoms with Gasteiger partial charge in [-0.05, 0) is 56.3 Å². The van der Waals surface area contributed by atoms with Gasteiger partial charge in [0.15, 0.2) is 0 Å². The van der Waals surface area contributed by atoms with Crippen LogP contribution in [0.2, 0.25) is 0 Å². The Hall–Kier alpha value is -1.88. The fourth-order valence-corrected chi connectivity index (χ4v) is 4.28. The number of fused-ring (bicyclic) bond motifs is 1. The van der Waals surface area contributed by atoms with Gasteiger partial charge in [0.1, 0.15) is 0 Å². The largest absolute Gasteiger partial charge is 0.351 e. The zero-order chi connectivity index (χ0) is 18.6. The maximum absolute atomic E-state index is 12.9. The molecule has 3 rings (SSSR count). The number of nitrogens with one attached hydrogen (secondary N) is 3. The van der Waals surface area contributed by atoms with Crippen LogP contribution in [0.3, 0.4) is 0 Å². The Balaban J connectivity index is 1.62. The van der Waals surface area contributed by atoms with E-state index in [9.17, 15) is 9.59 Å². The van der Waals surface area contributed by atoms with Crippen LogP contribution in [-0.2, 0) is 11.3 Å². The highest BCUT2D eigenvalue weighted by Gasteiger charge is 2.49. The van der Waals surface area contributed by atoms with Crippen molar-refractivity contribution in [1.29, 1.82) is 0 Å². The van der Waals surface area contributed by atoms with Crippen LogP contribution in [0.1, 0.15) is 61.9 Å². The van der Waals surface area contributed by atoms with Crippen LogP contribution >= 0.6 is 0 Å². The average molecular weight is 357 g/mol. The first kappa shape index (κ1) is 18.9. The molecule has 5 heteroatoms. The van der Waals surface area contributed by atoms with E-state index in [-0.39, 0.29) is 23.3 Å². The summed E-state index contributed by atoms with van der Waals surface area (Å²) in [6.45, 7) is 6.27. The lowest BCUT2D eigenvalue weighted by Crippen LogP contribution is -2.47. The number of amides is 2. The molecule has 1 aliphatic heterocycles. The zero-order valence-electron chi connectivity index (χ0n) is 15.9. The van der Waals surface area contributed by atoms with Crippen molar-refractivity contribution in [3.63, 3.8) is 0 Å². The molecule has 1 aromatic carbocycles. The quantitative estimate of drug-likeness (QED) is 0.733. The molecule has 1 aliphatic carbocycles. The van der Waals surface area contributed by atoms with Crippen LogP contribution in [0.25, 0.3) is 0 Å². The van der Waals surface area contributed by atoms with Crippen LogP contribution in [0, 0.1) is 11.3 Å². The molecule has 0 bridgehead atoms. The van der Waals surface area contributed by atoms with Gasteiger partial charge in [0.25, 0.3) is 5.91 Å². The summed E-state index contributed by atoms with van der Waals surface area (Å²) in [5.74, 6) is 0.573. The lowest BCUT2D eigenvalue weighted by molar-refractivity contribution is -0.134. The van der Waals surface area contributed by atoms with Gasteiger partial charge in [-0.15, -0.1) is 0 Å². The Labute approximate surface area is 156 Å². The molecule has 0 aromatic heterocycles. The lowest BCUT2D eigenvalue weighted by Gasteiger charge is -2.37. The molecular formula is C21H31N3O2. The minimum atomic E-state index is -0.232. The van der Waals surface area contributed by atoms with E-state index in [0.717, 1.165) is 44.3 Å². The highest BCUT2D eigenvalue weighted by molar-refractivity contribution is 5.94. The minimum Gasteiger partial charge on any atom is -0.351 e. The van der Waals surface area contributed by atoms with Gasteiger partial charge in [-0.25, -0.2) is 0 Å². The summed E-state index contributed by atoms with van der Waals surface area (Å²) < 4.78 is 0. The third kappa shape index (κ3) is 3.93. The first-order valence-electron chi connectivity index (χ1n) is 9.94. The van der Waals surface area contributed by atoms with Crippen molar-refractivity contribution in [2.24, 2.45) is 11.3 Å². The van der Waals surface area contributed by atoms with E-state index in [2.05, 4.69) is 16.0 Å². The van der Waals surface area contributed by atoms with Crippen LogP contribution < -0.4 is 16.0 Å². The van der Waals surface area contributed by atoms with Gasteiger partial charge in [-0.2, -0.15) is 0 Å². The molecule has 1 aromatic rings. The van der Waals surface area contributed by atoms with Crippen LogP contribution in [0.4, 0.5) is 0 Å². The molecule has 2 aliphatic rings.